The number of carboxylic acid groups (broad SMARTS) is 1. The number of anilines is 1. The number of carbonyl (C=O) groups excluding carboxylic acids is 1. The third kappa shape index (κ3) is 4.57. The minimum absolute atomic E-state index is 0.0547. The van der Waals surface area contributed by atoms with Crippen LogP contribution in [0.1, 0.15) is 10.4 Å². The van der Waals surface area contributed by atoms with Gasteiger partial charge in [0.05, 0.1) is 5.56 Å². The number of aromatic nitrogens is 1. The molecule has 1 amide bonds. The maximum absolute atomic E-state index is 11.7. The summed E-state index contributed by atoms with van der Waals surface area (Å²) in [6.07, 6.45) is 1.17. The molecule has 1 aromatic carbocycles. The zero-order valence-corrected chi connectivity index (χ0v) is 12.3. The van der Waals surface area contributed by atoms with E-state index in [1.165, 1.54) is 18.3 Å². The second-order valence-electron chi connectivity index (χ2n) is 4.03. The number of hydrogen-bond acceptors (Lipinski definition) is 4. The number of rotatable bonds is 5. The van der Waals surface area contributed by atoms with Crippen molar-refractivity contribution in [3.8, 4) is 5.75 Å². The number of halogens is 1. The molecule has 21 heavy (non-hydrogen) atoms. The van der Waals surface area contributed by atoms with Crippen molar-refractivity contribution in [3.63, 3.8) is 0 Å². The first-order chi connectivity index (χ1) is 10.0. The van der Waals surface area contributed by atoms with Gasteiger partial charge in [-0.2, -0.15) is 0 Å². The second kappa shape index (κ2) is 6.85. The van der Waals surface area contributed by atoms with Gasteiger partial charge in [-0.1, -0.05) is 15.9 Å². The Morgan fingerprint density at radius 3 is 2.48 bits per heavy atom. The summed E-state index contributed by atoms with van der Waals surface area (Å²) in [4.78, 5) is 26.2. The Morgan fingerprint density at radius 1 is 1.19 bits per heavy atom. The van der Waals surface area contributed by atoms with Crippen molar-refractivity contribution in [2.24, 2.45) is 0 Å². The standard InChI is InChI=1S/C14H11BrN2O4/c15-10-2-4-11(5-3-10)21-8-13(18)17-12-6-1-9(7-16-12)14(19)20/h1-7H,8H2,(H,19,20)(H,16,17,18). The molecule has 0 radical (unpaired) electrons. The zero-order chi connectivity index (χ0) is 15.2. The van der Waals surface area contributed by atoms with Crippen molar-refractivity contribution in [2.45, 2.75) is 0 Å². The van der Waals surface area contributed by atoms with Gasteiger partial charge in [-0.05, 0) is 36.4 Å². The molecule has 0 saturated heterocycles. The number of carbonyl (C=O) groups is 2. The van der Waals surface area contributed by atoms with Crippen LogP contribution in [-0.2, 0) is 4.79 Å². The lowest BCUT2D eigenvalue weighted by Gasteiger charge is -2.07. The second-order valence-corrected chi connectivity index (χ2v) is 4.94. The molecule has 0 aliphatic carbocycles. The number of nitrogens with zero attached hydrogens (tertiary/aromatic N) is 1. The molecule has 0 bridgehead atoms. The monoisotopic (exact) mass is 350 g/mol. The van der Waals surface area contributed by atoms with E-state index in [1.54, 1.807) is 24.3 Å². The van der Waals surface area contributed by atoms with E-state index >= 15 is 0 Å². The number of pyridine rings is 1. The van der Waals surface area contributed by atoms with Crippen LogP contribution < -0.4 is 10.1 Å². The lowest BCUT2D eigenvalue weighted by Crippen LogP contribution is -2.20. The minimum Gasteiger partial charge on any atom is -0.484 e. The summed E-state index contributed by atoms with van der Waals surface area (Å²) in [5.74, 6) is -0.612. The summed E-state index contributed by atoms with van der Waals surface area (Å²) < 4.78 is 6.22. The van der Waals surface area contributed by atoms with E-state index in [0.29, 0.717) is 5.75 Å². The van der Waals surface area contributed by atoms with Crippen molar-refractivity contribution in [2.75, 3.05) is 11.9 Å². The summed E-state index contributed by atoms with van der Waals surface area (Å²) in [6.45, 7) is -0.163. The molecule has 0 unspecified atom stereocenters. The van der Waals surface area contributed by atoms with Crippen molar-refractivity contribution >= 4 is 33.6 Å². The predicted molar refractivity (Wildman–Crippen MR) is 79.5 cm³/mol. The highest BCUT2D eigenvalue weighted by atomic mass is 79.9. The van der Waals surface area contributed by atoms with Gasteiger partial charge in [0.25, 0.3) is 5.91 Å². The quantitative estimate of drug-likeness (QED) is 0.864. The van der Waals surface area contributed by atoms with E-state index in [-0.39, 0.29) is 23.9 Å². The van der Waals surface area contributed by atoms with Crippen LogP contribution in [0.25, 0.3) is 0 Å². The average Bonchev–Trinajstić information content (AvgIpc) is 2.47. The van der Waals surface area contributed by atoms with Gasteiger partial charge in [0.2, 0.25) is 0 Å². The lowest BCUT2D eigenvalue weighted by atomic mass is 10.3. The first-order valence-electron chi connectivity index (χ1n) is 5.92. The van der Waals surface area contributed by atoms with Gasteiger partial charge in [-0.25, -0.2) is 9.78 Å². The topological polar surface area (TPSA) is 88.5 Å². The van der Waals surface area contributed by atoms with E-state index in [4.69, 9.17) is 9.84 Å². The van der Waals surface area contributed by atoms with E-state index in [2.05, 4.69) is 26.2 Å². The predicted octanol–water partition coefficient (Wildman–Crippen LogP) is 2.56. The Hall–Kier alpha value is -2.41. The van der Waals surface area contributed by atoms with Crippen molar-refractivity contribution in [1.82, 2.24) is 4.98 Å². The van der Waals surface area contributed by atoms with Crippen LogP contribution >= 0.6 is 15.9 Å². The Balaban J connectivity index is 1.86. The molecule has 6 nitrogen and oxygen atoms in total. The summed E-state index contributed by atoms with van der Waals surface area (Å²) in [7, 11) is 0. The van der Waals surface area contributed by atoms with Crippen LogP contribution in [0.3, 0.4) is 0 Å². The number of benzene rings is 1. The highest BCUT2D eigenvalue weighted by molar-refractivity contribution is 9.10. The third-order valence-electron chi connectivity index (χ3n) is 2.46. The fourth-order valence-electron chi connectivity index (χ4n) is 1.45. The number of ether oxygens (including phenoxy) is 1. The van der Waals surface area contributed by atoms with Gasteiger partial charge in [0, 0.05) is 10.7 Å². The Labute approximate surface area is 128 Å². The SMILES string of the molecule is O=C(COc1ccc(Br)cc1)Nc1ccc(C(=O)O)cn1. The van der Waals surface area contributed by atoms with Crippen molar-refractivity contribution in [3.05, 3.63) is 52.6 Å². The maximum atomic E-state index is 11.7. The summed E-state index contributed by atoms with van der Waals surface area (Å²) in [5.41, 5.74) is 0.0547. The molecule has 2 N–H and O–H groups in total. The summed E-state index contributed by atoms with van der Waals surface area (Å²) in [5, 5.41) is 11.2. The number of hydrogen-bond donors (Lipinski definition) is 2. The fraction of sp³-hybridized carbons (Fsp3) is 0.0714. The smallest absolute Gasteiger partial charge is 0.337 e. The molecule has 0 fully saturated rings. The van der Waals surface area contributed by atoms with E-state index in [0.717, 1.165) is 4.47 Å². The van der Waals surface area contributed by atoms with Gasteiger partial charge >= 0.3 is 5.97 Å². The van der Waals surface area contributed by atoms with Gasteiger partial charge in [0.1, 0.15) is 11.6 Å². The van der Waals surface area contributed by atoms with Gasteiger partial charge in [0.15, 0.2) is 6.61 Å². The molecule has 0 spiro atoms. The van der Waals surface area contributed by atoms with Crippen LogP contribution in [-0.4, -0.2) is 28.6 Å². The van der Waals surface area contributed by atoms with Gasteiger partial charge in [-0.3, -0.25) is 4.79 Å². The van der Waals surface area contributed by atoms with Crippen LogP contribution in [0, 0.1) is 0 Å². The summed E-state index contributed by atoms with van der Waals surface area (Å²) >= 11 is 3.30. The van der Waals surface area contributed by atoms with Crippen LogP contribution in [0.5, 0.6) is 5.75 Å². The van der Waals surface area contributed by atoms with Crippen LogP contribution in [0.15, 0.2) is 47.1 Å². The first-order valence-corrected chi connectivity index (χ1v) is 6.71. The number of carboxylic acids is 1. The highest BCUT2D eigenvalue weighted by Gasteiger charge is 2.07. The highest BCUT2D eigenvalue weighted by Crippen LogP contribution is 2.16. The molecule has 1 heterocycles. The largest absolute Gasteiger partial charge is 0.484 e. The number of nitrogens with one attached hydrogen (secondary N) is 1. The normalized spacial score (nSPS) is 9.95. The van der Waals surface area contributed by atoms with Crippen LogP contribution in [0.2, 0.25) is 0 Å². The molecule has 0 saturated carbocycles. The van der Waals surface area contributed by atoms with E-state index in [9.17, 15) is 9.59 Å². The minimum atomic E-state index is -1.07. The first kappa shape index (κ1) is 15.0. The fourth-order valence-corrected chi connectivity index (χ4v) is 1.72. The van der Waals surface area contributed by atoms with Crippen molar-refractivity contribution in [1.29, 1.82) is 0 Å². The third-order valence-corrected chi connectivity index (χ3v) is 2.99. The average molecular weight is 351 g/mol. The molecule has 2 aromatic rings. The zero-order valence-electron chi connectivity index (χ0n) is 10.7. The van der Waals surface area contributed by atoms with E-state index < -0.39 is 5.97 Å². The van der Waals surface area contributed by atoms with Gasteiger partial charge in [-0.15, -0.1) is 0 Å². The van der Waals surface area contributed by atoms with E-state index in [1.807, 2.05) is 0 Å². The molecular weight excluding hydrogens is 340 g/mol. The van der Waals surface area contributed by atoms with Crippen LogP contribution in [0.4, 0.5) is 5.82 Å². The Morgan fingerprint density at radius 2 is 1.90 bits per heavy atom. The molecule has 0 aliphatic rings. The van der Waals surface area contributed by atoms with Crippen molar-refractivity contribution < 1.29 is 19.4 Å². The summed E-state index contributed by atoms with van der Waals surface area (Å²) in [6, 6.07) is 9.86. The molecule has 0 aliphatic heterocycles. The molecule has 2 rings (SSSR count). The van der Waals surface area contributed by atoms with Gasteiger partial charge < -0.3 is 15.2 Å². The lowest BCUT2D eigenvalue weighted by molar-refractivity contribution is -0.118. The number of amides is 1. The Bertz CT molecular complexity index is 641. The molecule has 0 atom stereocenters. The molecular formula is C14H11BrN2O4. The molecule has 1 aromatic heterocycles. The number of aromatic carboxylic acids is 1. The maximum Gasteiger partial charge on any atom is 0.337 e. The molecule has 7 heteroatoms. The molecule has 108 valence electrons. The Kier molecular flexibility index (Phi) is 4.89.